The first-order chi connectivity index (χ1) is 16.5. The summed E-state index contributed by atoms with van der Waals surface area (Å²) in [6, 6.07) is 6.64. The number of aromatic nitrogens is 6. The van der Waals surface area contributed by atoms with Gasteiger partial charge in [0.15, 0.2) is 11.6 Å². The number of benzene rings is 1. The molecule has 2 fully saturated rings. The van der Waals surface area contributed by atoms with Crippen LogP contribution in [-0.4, -0.2) is 43.6 Å². The van der Waals surface area contributed by atoms with Gasteiger partial charge in [-0.2, -0.15) is 9.67 Å². The van der Waals surface area contributed by atoms with Gasteiger partial charge in [-0.3, -0.25) is 5.32 Å². The van der Waals surface area contributed by atoms with Crippen molar-refractivity contribution in [3.63, 3.8) is 0 Å². The minimum atomic E-state index is 0.0106. The molecule has 34 heavy (non-hydrogen) atoms. The Morgan fingerprint density at radius 2 is 2.00 bits per heavy atom. The minimum absolute atomic E-state index is 0.0106. The zero-order valence-corrected chi connectivity index (χ0v) is 20.2. The minimum Gasteiger partial charge on any atom is -0.381 e. The van der Waals surface area contributed by atoms with Gasteiger partial charge in [-0.1, -0.05) is 25.1 Å². The number of nitrogens with one attached hydrogen (secondary N) is 1. The number of tetrazole rings is 1. The topological polar surface area (TPSA) is 104 Å². The van der Waals surface area contributed by atoms with Crippen LogP contribution in [0.2, 0.25) is 0 Å². The first-order valence-corrected chi connectivity index (χ1v) is 12.5. The zero-order chi connectivity index (χ0) is 23.3. The third kappa shape index (κ3) is 3.84. The van der Waals surface area contributed by atoms with E-state index in [9.17, 15) is 0 Å². The summed E-state index contributed by atoms with van der Waals surface area (Å²) in [6.07, 6.45) is 8.56. The molecule has 0 amide bonds. The third-order valence-electron chi connectivity index (χ3n) is 8.07. The third-order valence-corrected chi connectivity index (χ3v) is 8.07. The van der Waals surface area contributed by atoms with E-state index < -0.39 is 0 Å². The number of rotatable bonds is 8. The van der Waals surface area contributed by atoms with Crippen molar-refractivity contribution in [2.75, 3.05) is 7.11 Å². The maximum absolute atomic E-state index is 5.55. The Morgan fingerprint density at radius 3 is 2.76 bits per heavy atom. The summed E-state index contributed by atoms with van der Waals surface area (Å²) in [5, 5.41) is 20.8. The van der Waals surface area contributed by atoms with Gasteiger partial charge in [0.25, 0.3) is 0 Å². The van der Waals surface area contributed by atoms with Gasteiger partial charge >= 0.3 is 0 Å². The fraction of sp³-hybridized carbons (Fsp3) is 0.640. The van der Waals surface area contributed by atoms with Crippen LogP contribution in [0.5, 0.6) is 0 Å². The summed E-state index contributed by atoms with van der Waals surface area (Å²) in [4.78, 5) is 4.55. The summed E-state index contributed by atoms with van der Waals surface area (Å²) >= 11 is 0. The molecule has 0 aliphatic heterocycles. The lowest BCUT2D eigenvalue weighted by molar-refractivity contribution is -0.133. The molecule has 1 atom stereocenters. The van der Waals surface area contributed by atoms with E-state index in [0.29, 0.717) is 35.7 Å². The predicted molar refractivity (Wildman–Crippen MR) is 124 cm³/mol. The number of aryl methyl sites for hydroxylation is 2. The molecular formula is C25H33N7O2. The van der Waals surface area contributed by atoms with Crippen LogP contribution in [0.25, 0.3) is 5.69 Å². The molecule has 3 aromatic rings. The molecule has 6 rings (SSSR count). The van der Waals surface area contributed by atoms with Crippen molar-refractivity contribution in [1.29, 1.82) is 0 Å². The van der Waals surface area contributed by atoms with E-state index >= 15 is 0 Å². The van der Waals surface area contributed by atoms with Gasteiger partial charge < -0.3 is 9.26 Å². The van der Waals surface area contributed by atoms with Crippen LogP contribution < -0.4 is 5.32 Å². The van der Waals surface area contributed by atoms with Crippen molar-refractivity contribution >= 4 is 0 Å². The van der Waals surface area contributed by atoms with Gasteiger partial charge in [-0.05, 0) is 90.0 Å². The molecular weight excluding hydrogens is 430 g/mol. The van der Waals surface area contributed by atoms with Crippen molar-refractivity contribution in [3.8, 4) is 5.69 Å². The zero-order valence-electron chi connectivity index (χ0n) is 20.2. The molecule has 9 heteroatoms. The highest BCUT2D eigenvalue weighted by Crippen LogP contribution is 2.61. The van der Waals surface area contributed by atoms with Crippen LogP contribution in [-0.2, 0) is 24.1 Å². The summed E-state index contributed by atoms with van der Waals surface area (Å²) < 4.78 is 12.9. The molecule has 1 aromatic carbocycles. The Morgan fingerprint density at radius 1 is 1.18 bits per heavy atom. The average molecular weight is 464 g/mol. The summed E-state index contributed by atoms with van der Waals surface area (Å²) in [5.74, 6) is 2.85. The first-order valence-electron chi connectivity index (χ1n) is 12.5. The molecule has 3 aliphatic carbocycles. The number of nitrogens with zero attached hydrogens (tertiary/aromatic N) is 6. The SMILES string of the molecule is COC1CC2(C1)CC(C(NCc1noc(C(C)C)n1)c1nnnn1-c1ccc3c(c1)CCC3)C2. The molecule has 0 radical (unpaired) electrons. The largest absolute Gasteiger partial charge is 0.381 e. The summed E-state index contributed by atoms with van der Waals surface area (Å²) in [5.41, 5.74) is 4.32. The number of hydrogen-bond donors (Lipinski definition) is 1. The van der Waals surface area contributed by atoms with Gasteiger partial charge in [0.1, 0.15) is 0 Å². The second-order valence-electron chi connectivity index (χ2n) is 10.8. The number of ether oxygens (including phenoxy) is 1. The van der Waals surface area contributed by atoms with E-state index in [4.69, 9.17) is 9.26 Å². The van der Waals surface area contributed by atoms with Gasteiger partial charge in [-0.25, -0.2) is 0 Å². The molecule has 2 aromatic heterocycles. The average Bonchev–Trinajstić information content (AvgIpc) is 3.53. The second kappa shape index (κ2) is 8.53. The van der Waals surface area contributed by atoms with E-state index in [2.05, 4.69) is 63.0 Å². The van der Waals surface area contributed by atoms with Crippen molar-refractivity contribution in [2.24, 2.45) is 11.3 Å². The quantitative estimate of drug-likeness (QED) is 0.539. The predicted octanol–water partition coefficient (Wildman–Crippen LogP) is 3.69. The van der Waals surface area contributed by atoms with Crippen LogP contribution >= 0.6 is 0 Å². The highest BCUT2D eigenvalue weighted by molar-refractivity contribution is 5.42. The summed E-state index contributed by atoms with van der Waals surface area (Å²) in [6.45, 7) is 4.62. The highest BCUT2D eigenvalue weighted by Gasteiger charge is 2.55. The number of fused-ring (bicyclic) bond motifs is 1. The van der Waals surface area contributed by atoms with E-state index in [0.717, 1.165) is 50.0 Å². The van der Waals surface area contributed by atoms with Gasteiger partial charge in [0.2, 0.25) is 5.89 Å². The van der Waals surface area contributed by atoms with Crippen LogP contribution in [0.15, 0.2) is 22.7 Å². The molecule has 0 bridgehead atoms. The van der Waals surface area contributed by atoms with Gasteiger partial charge in [-0.15, -0.1) is 5.10 Å². The monoisotopic (exact) mass is 463 g/mol. The van der Waals surface area contributed by atoms with Gasteiger partial charge in [0, 0.05) is 13.0 Å². The van der Waals surface area contributed by atoms with E-state index in [-0.39, 0.29) is 12.0 Å². The number of methoxy groups -OCH3 is 1. The molecule has 1 unspecified atom stereocenters. The van der Waals surface area contributed by atoms with E-state index in [1.54, 1.807) is 0 Å². The van der Waals surface area contributed by atoms with E-state index in [1.807, 2.05) is 11.8 Å². The molecule has 1 N–H and O–H groups in total. The fourth-order valence-electron chi connectivity index (χ4n) is 6.20. The molecule has 1 spiro atoms. The van der Waals surface area contributed by atoms with Crippen LogP contribution in [0.4, 0.5) is 0 Å². The molecule has 180 valence electrons. The lowest BCUT2D eigenvalue weighted by Crippen LogP contribution is -2.53. The molecule has 2 saturated carbocycles. The lowest BCUT2D eigenvalue weighted by atomic mass is 9.49. The van der Waals surface area contributed by atoms with Crippen LogP contribution in [0.3, 0.4) is 0 Å². The number of hydrogen-bond acceptors (Lipinski definition) is 8. The maximum Gasteiger partial charge on any atom is 0.229 e. The van der Waals surface area contributed by atoms with Crippen molar-refractivity contribution < 1.29 is 9.26 Å². The maximum atomic E-state index is 5.55. The summed E-state index contributed by atoms with van der Waals surface area (Å²) in [7, 11) is 1.82. The smallest absolute Gasteiger partial charge is 0.229 e. The Balaban J connectivity index is 1.25. The Kier molecular flexibility index (Phi) is 5.49. The van der Waals surface area contributed by atoms with Crippen molar-refractivity contribution in [2.45, 2.75) is 83.4 Å². The Hall–Kier alpha value is -2.65. The standard InChI is InChI=1S/C25H33N7O2/c1-15(2)24-27-21(29-34-24)14-26-22(18-10-25(11-18)12-20(13-25)33-3)23-28-30-31-32(23)19-8-7-16-5-4-6-17(16)9-19/h7-9,15,18,20,22,26H,4-6,10-14H2,1-3H3. The highest BCUT2D eigenvalue weighted by atomic mass is 16.5. The van der Waals surface area contributed by atoms with Crippen molar-refractivity contribution in [3.05, 3.63) is 46.9 Å². The molecule has 3 aliphatic rings. The molecule has 9 nitrogen and oxygen atoms in total. The second-order valence-corrected chi connectivity index (χ2v) is 10.8. The normalized spacial score (nSPS) is 26.5. The van der Waals surface area contributed by atoms with Crippen molar-refractivity contribution in [1.82, 2.24) is 35.7 Å². The van der Waals surface area contributed by atoms with E-state index in [1.165, 1.54) is 17.5 Å². The van der Waals surface area contributed by atoms with Crippen LogP contribution in [0, 0.1) is 11.3 Å². The first kappa shape index (κ1) is 21.9. The Labute approximate surface area is 199 Å². The lowest BCUT2D eigenvalue weighted by Gasteiger charge is -2.58. The van der Waals surface area contributed by atoms with Gasteiger partial charge in [0.05, 0.1) is 24.4 Å². The van der Waals surface area contributed by atoms with Crippen LogP contribution in [0.1, 0.15) is 86.6 Å². The molecule has 2 heterocycles. The fourth-order valence-corrected chi connectivity index (χ4v) is 6.20. The molecule has 0 saturated heterocycles. The Bertz CT molecular complexity index is 1160.